The van der Waals surface area contributed by atoms with Crippen LogP contribution in [0.3, 0.4) is 0 Å². The molecule has 160 valence electrons. The minimum Gasteiger partial charge on any atom is -0.375 e. The Labute approximate surface area is 176 Å². The van der Waals surface area contributed by atoms with Crippen LogP contribution in [0.25, 0.3) is 0 Å². The first-order chi connectivity index (χ1) is 14.5. The third-order valence-corrected chi connectivity index (χ3v) is 5.04. The molecule has 0 radical (unpaired) electrons. The lowest BCUT2D eigenvalue weighted by molar-refractivity contribution is -0.141. The minimum absolute atomic E-state index is 0.00317. The van der Waals surface area contributed by atoms with E-state index in [1.165, 1.54) is 24.1 Å². The Morgan fingerprint density at radius 1 is 1.10 bits per heavy atom. The fourth-order valence-electron chi connectivity index (χ4n) is 3.45. The number of ether oxygens (including phenoxy) is 2. The number of carbonyl (C=O) groups excluding carboxylic acids is 2. The maximum absolute atomic E-state index is 13.5. The van der Waals surface area contributed by atoms with Gasteiger partial charge in [0.1, 0.15) is 12.4 Å². The van der Waals surface area contributed by atoms with E-state index in [-0.39, 0.29) is 50.0 Å². The van der Waals surface area contributed by atoms with Crippen molar-refractivity contribution in [1.82, 2.24) is 9.80 Å². The third kappa shape index (κ3) is 6.37. The van der Waals surface area contributed by atoms with Crippen molar-refractivity contribution >= 4 is 11.8 Å². The maximum Gasteiger partial charge on any atom is 0.249 e. The van der Waals surface area contributed by atoms with Crippen LogP contribution in [0.15, 0.2) is 54.6 Å². The molecule has 1 aliphatic heterocycles. The predicted molar refractivity (Wildman–Crippen MR) is 110 cm³/mol. The van der Waals surface area contributed by atoms with Gasteiger partial charge in [-0.25, -0.2) is 4.39 Å². The summed E-state index contributed by atoms with van der Waals surface area (Å²) in [6.45, 7) is 1.30. The molecule has 1 aliphatic rings. The summed E-state index contributed by atoms with van der Waals surface area (Å²) in [4.78, 5) is 28.4. The maximum atomic E-state index is 13.5. The molecule has 1 saturated heterocycles. The average Bonchev–Trinajstić information content (AvgIpc) is 2.90. The van der Waals surface area contributed by atoms with Gasteiger partial charge < -0.3 is 19.3 Å². The number of halogens is 1. The Morgan fingerprint density at radius 3 is 2.60 bits per heavy atom. The van der Waals surface area contributed by atoms with E-state index in [0.717, 1.165) is 12.0 Å². The van der Waals surface area contributed by atoms with Crippen LogP contribution in [0.5, 0.6) is 0 Å². The zero-order chi connectivity index (χ0) is 21.3. The minimum atomic E-state index is -0.378. The van der Waals surface area contributed by atoms with E-state index in [1.807, 2.05) is 30.3 Å². The highest BCUT2D eigenvalue weighted by atomic mass is 19.1. The van der Waals surface area contributed by atoms with Crippen LogP contribution < -0.4 is 0 Å². The summed E-state index contributed by atoms with van der Waals surface area (Å²) in [6, 6.07) is 16.1. The summed E-state index contributed by atoms with van der Waals surface area (Å²) >= 11 is 0. The molecule has 30 heavy (non-hydrogen) atoms. The van der Waals surface area contributed by atoms with Crippen molar-refractivity contribution in [2.45, 2.75) is 19.1 Å². The van der Waals surface area contributed by atoms with E-state index < -0.39 is 0 Å². The summed E-state index contributed by atoms with van der Waals surface area (Å²) in [5.41, 5.74) is 1.84. The smallest absolute Gasteiger partial charge is 0.249 e. The first kappa shape index (κ1) is 21.9. The van der Waals surface area contributed by atoms with Crippen LogP contribution in [-0.2, 0) is 32.1 Å². The Kier molecular flexibility index (Phi) is 7.93. The molecule has 1 unspecified atom stereocenters. The second-order valence-electron chi connectivity index (χ2n) is 7.35. The molecule has 0 bridgehead atoms. The van der Waals surface area contributed by atoms with Crippen LogP contribution in [0.1, 0.15) is 11.1 Å². The van der Waals surface area contributed by atoms with Crippen LogP contribution in [0, 0.1) is 5.82 Å². The van der Waals surface area contributed by atoms with E-state index in [4.69, 9.17) is 9.47 Å². The molecule has 2 aromatic rings. The van der Waals surface area contributed by atoms with Crippen molar-refractivity contribution < 1.29 is 23.5 Å². The second kappa shape index (κ2) is 10.8. The molecule has 6 nitrogen and oxygen atoms in total. The molecule has 2 aromatic carbocycles. The largest absolute Gasteiger partial charge is 0.375 e. The highest BCUT2D eigenvalue weighted by Crippen LogP contribution is 2.13. The van der Waals surface area contributed by atoms with E-state index in [9.17, 15) is 14.0 Å². The number of benzene rings is 2. The molecule has 1 heterocycles. The average molecular weight is 414 g/mol. The lowest BCUT2D eigenvalue weighted by atomic mass is 10.1. The van der Waals surface area contributed by atoms with Crippen molar-refractivity contribution in [3.63, 3.8) is 0 Å². The predicted octanol–water partition coefficient (Wildman–Crippen LogP) is 2.27. The summed E-state index contributed by atoms with van der Waals surface area (Å²) in [5.74, 6) is -0.698. The molecule has 1 fully saturated rings. The van der Waals surface area contributed by atoms with Crippen LogP contribution >= 0.6 is 0 Å². The standard InChI is InChI=1S/C23H27FN2O4/c1-29-17-23(28)26-14-21(30-16-19-8-5-9-20(24)12-19)13-25(22(27)15-26)11-10-18-6-3-2-4-7-18/h2-9,12,21H,10-11,13-17H2,1H3. The molecule has 0 N–H and O–H groups in total. The summed E-state index contributed by atoms with van der Waals surface area (Å²) in [6.07, 6.45) is 0.339. The second-order valence-corrected chi connectivity index (χ2v) is 7.35. The quantitative estimate of drug-likeness (QED) is 0.665. The van der Waals surface area contributed by atoms with E-state index in [2.05, 4.69) is 0 Å². The van der Waals surface area contributed by atoms with Gasteiger partial charge in [-0.15, -0.1) is 0 Å². The highest BCUT2D eigenvalue weighted by molar-refractivity contribution is 5.86. The number of amides is 2. The molecular weight excluding hydrogens is 387 g/mol. The lowest BCUT2D eigenvalue weighted by Gasteiger charge is -2.25. The molecule has 2 amide bonds. The number of methoxy groups -OCH3 is 1. The molecule has 0 aromatic heterocycles. The summed E-state index contributed by atoms with van der Waals surface area (Å²) in [7, 11) is 1.45. The van der Waals surface area contributed by atoms with Gasteiger partial charge in [0.05, 0.1) is 19.3 Å². The van der Waals surface area contributed by atoms with Crippen molar-refractivity contribution in [2.75, 3.05) is 39.9 Å². The third-order valence-electron chi connectivity index (χ3n) is 5.04. The zero-order valence-corrected chi connectivity index (χ0v) is 17.1. The first-order valence-corrected chi connectivity index (χ1v) is 9.99. The molecule has 3 rings (SSSR count). The number of carbonyl (C=O) groups is 2. The SMILES string of the molecule is COCC(=O)N1CC(=O)N(CCc2ccccc2)CC(OCc2cccc(F)c2)C1. The summed E-state index contributed by atoms with van der Waals surface area (Å²) < 4.78 is 24.4. The zero-order valence-electron chi connectivity index (χ0n) is 17.1. The topological polar surface area (TPSA) is 59.1 Å². The monoisotopic (exact) mass is 414 g/mol. The van der Waals surface area contributed by atoms with Gasteiger partial charge >= 0.3 is 0 Å². The van der Waals surface area contributed by atoms with Gasteiger partial charge in [0.15, 0.2) is 0 Å². The number of hydrogen-bond acceptors (Lipinski definition) is 4. The molecule has 0 spiro atoms. The molecule has 0 saturated carbocycles. The molecule has 1 atom stereocenters. The van der Waals surface area contributed by atoms with Gasteiger partial charge in [0.25, 0.3) is 0 Å². The fourth-order valence-corrected chi connectivity index (χ4v) is 3.45. The number of nitrogens with zero attached hydrogens (tertiary/aromatic N) is 2. The van der Waals surface area contributed by atoms with E-state index in [0.29, 0.717) is 18.7 Å². The van der Waals surface area contributed by atoms with Crippen molar-refractivity contribution in [3.05, 3.63) is 71.5 Å². The van der Waals surface area contributed by atoms with Gasteiger partial charge in [0.2, 0.25) is 11.8 Å². The molecular formula is C23H27FN2O4. The van der Waals surface area contributed by atoms with Gasteiger partial charge in [-0.2, -0.15) is 0 Å². The Hall–Kier alpha value is -2.77. The van der Waals surface area contributed by atoms with Crippen LogP contribution in [-0.4, -0.2) is 67.6 Å². The van der Waals surface area contributed by atoms with Gasteiger partial charge in [-0.3, -0.25) is 9.59 Å². The normalized spacial score (nSPS) is 17.1. The van der Waals surface area contributed by atoms with Crippen molar-refractivity contribution in [3.8, 4) is 0 Å². The van der Waals surface area contributed by atoms with Crippen LogP contribution in [0.2, 0.25) is 0 Å². The van der Waals surface area contributed by atoms with E-state index >= 15 is 0 Å². The number of rotatable bonds is 8. The number of hydrogen-bond donors (Lipinski definition) is 0. The molecule has 0 aliphatic carbocycles. The van der Waals surface area contributed by atoms with Crippen molar-refractivity contribution in [2.24, 2.45) is 0 Å². The Morgan fingerprint density at radius 2 is 1.87 bits per heavy atom. The van der Waals surface area contributed by atoms with E-state index in [1.54, 1.807) is 17.0 Å². The van der Waals surface area contributed by atoms with Crippen molar-refractivity contribution in [1.29, 1.82) is 0 Å². The Bertz CT molecular complexity index is 846. The molecule has 7 heteroatoms. The van der Waals surface area contributed by atoms with Gasteiger partial charge in [-0.1, -0.05) is 42.5 Å². The summed E-state index contributed by atoms with van der Waals surface area (Å²) in [5, 5.41) is 0. The lowest BCUT2D eigenvalue weighted by Crippen LogP contribution is -2.41. The van der Waals surface area contributed by atoms with Gasteiger partial charge in [0, 0.05) is 26.7 Å². The Balaban J connectivity index is 1.68. The van der Waals surface area contributed by atoms with Crippen LogP contribution in [0.4, 0.5) is 4.39 Å². The fraction of sp³-hybridized carbons (Fsp3) is 0.391. The van der Waals surface area contributed by atoms with Gasteiger partial charge in [-0.05, 0) is 29.7 Å². The first-order valence-electron chi connectivity index (χ1n) is 9.99. The highest BCUT2D eigenvalue weighted by Gasteiger charge is 2.30.